The Labute approximate surface area is 180 Å². The standard InChI is InChI=1S/C26H21N3O2/c30-26(27-19-9-11-21(12-10-19)31-20-4-2-1-3-5-20)18-8-13-22-23(15-18)29-25-17-7-6-16(14-17)24(25)28-22/h1-5,8-13,15-17H,6-7,14H2,(H,27,30). The van der Waals surface area contributed by atoms with E-state index in [-0.39, 0.29) is 5.91 Å². The van der Waals surface area contributed by atoms with Gasteiger partial charge in [0.05, 0.1) is 22.4 Å². The highest BCUT2D eigenvalue weighted by Gasteiger charge is 2.39. The highest BCUT2D eigenvalue weighted by molar-refractivity contribution is 6.05. The number of rotatable bonds is 4. The van der Waals surface area contributed by atoms with E-state index in [4.69, 9.17) is 14.7 Å². The molecule has 3 aromatic carbocycles. The lowest BCUT2D eigenvalue weighted by Crippen LogP contribution is -2.12. The molecule has 1 saturated carbocycles. The largest absolute Gasteiger partial charge is 0.457 e. The Bertz CT molecular complexity index is 1290. The highest BCUT2D eigenvalue weighted by atomic mass is 16.5. The summed E-state index contributed by atoms with van der Waals surface area (Å²) >= 11 is 0. The molecule has 2 atom stereocenters. The molecule has 5 nitrogen and oxygen atoms in total. The number of ether oxygens (including phenoxy) is 1. The van der Waals surface area contributed by atoms with Crippen LogP contribution in [0.25, 0.3) is 11.0 Å². The van der Waals surface area contributed by atoms with E-state index in [2.05, 4.69) is 5.32 Å². The number of nitrogens with zero attached hydrogens (tertiary/aromatic N) is 2. The van der Waals surface area contributed by atoms with Gasteiger partial charge < -0.3 is 10.1 Å². The van der Waals surface area contributed by atoms with Crippen LogP contribution < -0.4 is 10.1 Å². The molecule has 0 saturated heterocycles. The zero-order chi connectivity index (χ0) is 20.8. The van der Waals surface area contributed by atoms with Crippen molar-refractivity contribution < 1.29 is 9.53 Å². The fraction of sp³-hybridized carbons (Fsp3) is 0.192. The molecule has 5 heteroatoms. The van der Waals surface area contributed by atoms with E-state index >= 15 is 0 Å². The van der Waals surface area contributed by atoms with Crippen LogP contribution in [0, 0.1) is 0 Å². The lowest BCUT2D eigenvalue weighted by Gasteiger charge is -2.14. The molecule has 1 fully saturated rings. The minimum absolute atomic E-state index is 0.164. The number of hydrogen-bond acceptors (Lipinski definition) is 4. The monoisotopic (exact) mass is 407 g/mol. The second-order valence-corrected chi connectivity index (χ2v) is 8.30. The Hall–Kier alpha value is -3.73. The molecule has 1 heterocycles. The van der Waals surface area contributed by atoms with Crippen LogP contribution >= 0.6 is 0 Å². The van der Waals surface area contributed by atoms with E-state index in [1.807, 2.05) is 72.8 Å². The second kappa shape index (κ2) is 7.20. The predicted octanol–water partition coefficient (Wildman–Crippen LogP) is 6.04. The molecule has 2 bridgehead atoms. The first-order chi connectivity index (χ1) is 15.2. The zero-order valence-corrected chi connectivity index (χ0v) is 16.9. The summed E-state index contributed by atoms with van der Waals surface area (Å²) in [5, 5.41) is 2.95. The number of hydrogen-bond donors (Lipinski definition) is 1. The third-order valence-corrected chi connectivity index (χ3v) is 6.28. The van der Waals surface area contributed by atoms with Crippen molar-refractivity contribution in [2.75, 3.05) is 5.32 Å². The van der Waals surface area contributed by atoms with Crippen LogP contribution in [0.3, 0.4) is 0 Å². The van der Waals surface area contributed by atoms with Crippen molar-refractivity contribution in [1.29, 1.82) is 0 Å². The fourth-order valence-corrected chi connectivity index (χ4v) is 4.74. The third kappa shape index (κ3) is 3.32. The number of carbonyl (C=O) groups is 1. The Morgan fingerprint density at radius 2 is 1.48 bits per heavy atom. The molecule has 0 spiro atoms. The second-order valence-electron chi connectivity index (χ2n) is 8.30. The molecular weight excluding hydrogens is 386 g/mol. The fourth-order valence-electron chi connectivity index (χ4n) is 4.74. The average molecular weight is 407 g/mol. The molecule has 4 aromatic rings. The first-order valence-corrected chi connectivity index (χ1v) is 10.7. The summed E-state index contributed by atoms with van der Waals surface area (Å²) in [7, 11) is 0. The van der Waals surface area contributed by atoms with Gasteiger partial charge in [-0.05, 0) is 73.9 Å². The number of aromatic nitrogens is 2. The van der Waals surface area contributed by atoms with Crippen molar-refractivity contribution in [1.82, 2.24) is 9.97 Å². The average Bonchev–Trinajstić information content (AvgIpc) is 3.42. The zero-order valence-electron chi connectivity index (χ0n) is 16.9. The first-order valence-electron chi connectivity index (χ1n) is 10.7. The van der Waals surface area contributed by atoms with Gasteiger partial charge in [0.1, 0.15) is 11.5 Å². The molecule has 1 aromatic heterocycles. The van der Waals surface area contributed by atoms with Crippen molar-refractivity contribution in [3.8, 4) is 11.5 Å². The number of para-hydroxylation sites is 1. The van der Waals surface area contributed by atoms with Gasteiger partial charge in [-0.2, -0.15) is 0 Å². The normalized spacial score (nSPS) is 18.7. The molecule has 2 unspecified atom stereocenters. The number of anilines is 1. The lowest BCUT2D eigenvalue weighted by molar-refractivity contribution is 0.102. The van der Waals surface area contributed by atoms with E-state index in [0.29, 0.717) is 28.8 Å². The minimum Gasteiger partial charge on any atom is -0.457 e. The summed E-state index contributed by atoms with van der Waals surface area (Å²) in [6.07, 6.45) is 3.62. The number of nitrogens with one attached hydrogen (secondary N) is 1. The molecule has 2 aliphatic carbocycles. The minimum atomic E-state index is -0.164. The summed E-state index contributed by atoms with van der Waals surface area (Å²) in [5.41, 5.74) is 5.28. The molecular formula is C26H21N3O2. The molecule has 0 aliphatic heterocycles. The lowest BCUT2D eigenvalue weighted by atomic mass is 10.00. The van der Waals surface area contributed by atoms with E-state index < -0.39 is 0 Å². The van der Waals surface area contributed by atoms with Crippen molar-refractivity contribution in [2.45, 2.75) is 31.1 Å². The molecule has 1 amide bonds. The molecule has 2 aliphatic rings. The summed E-state index contributed by atoms with van der Waals surface area (Å²) < 4.78 is 5.80. The molecule has 31 heavy (non-hydrogen) atoms. The summed E-state index contributed by atoms with van der Waals surface area (Å²) in [6, 6.07) is 22.5. The molecule has 152 valence electrons. The van der Waals surface area contributed by atoms with Crippen molar-refractivity contribution in [2.24, 2.45) is 0 Å². The van der Waals surface area contributed by atoms with Gasteiger partial charge in [0.2, 0.25) is 0 Å². The van der Waals surface area contributed by atoms with Crippen LogP contribution in [0.2, 0.25) is 0 Å². The van der Waals surface area contributed by atoms with Crippen LogP contribution in [0.4, 0.5) is 5.69 Å². The number of amides is 1. The summed E-state index contributed by atoms with van der Waals surface area (Å²) in [6.45, 7) is 0. The van der Waals surface area contributed by atoms with Gasteiger partial charge in [-0.25, -0.2) is 9.97 Å². The van der Waals surface area contributed by atoms with E-state index in [9.17, 15) is 4.79 Å². The van der Waals surface area contributed by atoms with Crippen LogP contribution in [-0.4, -0.2) is 15.9 Å². The Kier molecular flexibility index (Phi) is 4.20. The van der Waals surface area contributed by atoms with Gasteiger partial charge in [-0.3, -0.25) is 4.79 Å². The van der Waals surface area contributed by atoms with Crippen LogP contribution in [0.1, 0.15) is 52.8 Å². The van der Waals surface area contributed by atoms with Crippen molar-refractivity contribution >= 4 is 22.6 Å². The van der Waals surface area contributed by atoms with E-state index in [1.54, 1.807) is 0 Å². The summed E-state index contributed by atoms with van der Waals surface area (Å²) in [4.78, 5) is 22.5. The molecule has 6 rings (SSSR count). The van der Waals surface area contributed by atoms with Crippen LogP contribution in [0.5, 0.6) is 11.5 Å². The summed E-state index contributed by atoms with van der Waals surface area (Å²) in [5.74, 6) is 2.45. The maximum absolute atomic E-state index is 12.8. The number of fused-ring (bicyclic) bond motifs is 6. The molecule has 0 radical (unpaired) electrons. The van der Waals surface area contributed by atoms with Crippen molar-refractivity contribution in [3.05, 3.63) is 89.7 Å². The Balaban J connectivity index is 1.20. The maximum Gasteiger partial charge on any atom is 0.255 e. The predicted molar refractivity (Wildman–Crippen MR) is 120 cm³/mol. The first kappa shape index (κ1) is 18.1. The quantitative estimate of drug-likeness (QED) is 0.448. The Morgan fingerprint density at radius 3 is 2.23 bits per heavy atom. The Morgan fingerprint density at radius 1 is 0.806 bits per heavy atom. The maximum atomic E-state index is 12.8. The van der Waals surface area contributed by atoms with E-state index in [0.717, 1.165) is 22.5 Å². The van der Waals surface area contributed by atoms with E-state index in [1.165, 1.54) is 25.0 Å². The van der Waals surface area contributed by atoms with Gasteiger partial charge >= 0.3 is 0 Å². The van der Waals surface area contributed by atoms with Gasteiger partial charge in [-0.1, -0.05) is 18.2 Å². The topological polar surface area (TPSA) is 64.1 Å². The smallest absolute Gasteiger partial charge is 0.255 e. The molecule has 1 N–H and O–H groups in total. The van der Waals surface area contributed by atoms with Gasteiger partial charge in [0, 0.05) is 23.1 Å². The SMILES string of the molecule is O=C(Nc1ccc(Oc2ccccc2)cc1)c1ccc2nc3c(nc2c1)C1CCC3C1. The highest BCUT2D eigenvalue weighted by Crippen LogP contribution is 2.51. The van der Waals surface area contributed by atoms with Gasteiger partial charge in [0.25, 0.3) is 5.91 Å². The number of benzene rings is 3. The van der Waals surface area contributed by atoms with Crippen molar-refractivity contribution in [3.63, 3.8) is 0 Å². The van der Waals surface area contributed by atoms with Gasteiger partial charge in [0.15, 0.2) is 0 Å². The van der Waals surface area contributed by atoms with Crippen LogP contribution in [0.15, 0.2) is 72.8 Å². The third-order valence-electron chi connectivity index (χ3n) is 6.28. The number of carbonyl (C=O) groups excluding carboxylic acids is 1. The van der Waals surface area contributed by atoms with Gasteiger partial charge in [-0.15, -0.1) is 0 Å². The van der Waals surface area contributed by atoms with Crippen LogP contribution in [-0.2, 0) is 0 Å².